The summed E-state index contributed by atoms with van der Waals surface area (Å²) in [6.45, 7) is 2.29. The summed E-state index contributed by atoms with van der Waals surface area (Å²) in [6.07, 6.45) is 0. The molecule has 0 saturated carbocycles. The highest BCUT2D eigenvalue weighted by Crippen LogP contribution is 2.26. The molecular formula is C13H14BrN3O3. The number of non-ortho nitro benzene ring substituents is 1. The van der Waals surface area contributed by atoms with Crippen molar-refractivity contribution in [2.24, 2.45) is 7.05 Å². The maximum Gasteiger partial charge on any atom is 0.270 e. The second-order valence-electron chi connectivity index (χ2n) is 4.37. The first-order valence-electron chi connectivity index (χ1n) is 5.97. The second-order valence-corrected chi connectivity index (χ2v) is 4.93. The summed E-state index contributed by atoms with van der Waals surface area (Å²) in [4.78, 5) is 10.3. The molecule has 0 unspecified atom stereocenters. The van der Waals surface area contributed by atoms with Crippen LogP contribution in [-0.4, -0.2) is 14.7 Å². The second kappa shape index (κ2) is 6.04. The van der Waals surface area contributed by atoms with E-state index in [2.05, 4.69) is 21.0 Å². The van der Waals surface area contributed by atoms with Gasteiger partial charge in [0.25, 0.3) is 5.69 Å². The molecule has 0 aliphatic rings. The molecule has 0 aliphatic heterocycles. The average molecular weight is 340 g/mol. The summed E-state index contributed by atoms with van der Waals surface area (Å²) in [7, 11) is 1.85. The van der Waals surface area contributed by atoms with E-state index in [1.165, 1.54) is 12.1 Å². The molecule has 20 heavy (non-hydrogen) atoms. The van der Waals surface area contributed by atoms with Gasteiger partial charge in [-0.2, -0.15) is 5.10 Å². The van der Waals surface area contributed by atoms with Gasteiger partial charge >= 0.3 is 0 Å². The number of rotatable bonds is 5. The lowest BCUT2D eigenvalue weighted by molar-refractivity contribution is -0.384. The van der Waals surface area contributed by atoms with Crippen LogP contribution in [0.5, 0.6) is 5.75 Å². The largest absolute Gasteiger partial charge is 0.487 e. The van der Waals surface area contributed by atoms with Gasteiger partial charge in [-0.05, 0) is 19.1 Å². The maximum absolute atomic E-state index is 10.7. The van der Waals surface area contributed by atoms with Crippen LogP contribution in [0.2, 0.25) is 0 Å². The number of nitrogens with zero attached hydrogens (tertiary/aromatic N) is 3. The Bertz CT molecular complexity index is 640. The smallest absolute Gasteiger partial charge is 0.270 e. The first-order chi connectivity index (χ1) is 9.51. The highest BCUT2D eigenvalue weighted by molar-refractivity contribution is 9.08. The first-order valence-corrected chi connectivity index (χ1v) is 7.09. The van der Waals surface area contributed by atoms with E-state index in [9.17, 15) is 10.1 Å². The van der Waals surface area contributed by atoms with Crippen LogP contribution in [0, 0.1) is 17.0 Å². The van der Waals surface area contributed by atoms with Gasteiger partial charge in [0, 0.05) is 30.1 Å². The molecule has 1 aromatic carbocycles. The minimum Gasteiger partial charge on any atom is -0.487 e. The summed E-state index contributed by atoms with van der Waals surface area (Å²) >= 11 is 3.32. The standard InChI is InChI=1S/C13H14BrN3O3/c1-9-5-12(16(2)15-9)8-20-13-4-3-11(17(18)19)6-10(13)7-14/h3-6H,7-8H2,1-2H3. The SMILES string of the molecule is Cc1cc(COc2ccc([N+](=O)[O-])cc2CBr)n(C)n1. The zero-order chi connectivity index (χ0) is 14.7. The normalized spacial score (nSPS) is 10.6. The lowest BCUT2D eigenvalue weighted by Crippen LogP contribution is -2.04. The van der Waals surface area contributed by atoms with Crippen molar-refractivity contribution in [3.8, 4) is 5.75 Å². The van der Waals surface area contributed by atoms with Crippen LogP contribution in [0.15, 0.2) is 24.3 Å². The molecule has 0 radical (unpaired) electrons. The summed E-state index contributed by atoms with van der Waals surface area (Å²) in [5.74, 6) is 0.631. The third-order valence-electron chi connectivity index (χ3n) is 2.87. The fraction of sp³-hybridized carbons (Fsp3) is 0.308. The lowest BCUT2D eigenvalue weighted by Gasteiger charge is -2.10. The molecule has 106 valence electrons. The van der Waals surface area contributed by atoms with Crippen LogP contribution in [0.25, 0.3) is 0 Å². The monoisotopic (exact) mass is 339 g/mol. The molecule has 6 nitrogen and oxygen atoms in total. The van der Waals surface area contributed by atoms with Crippen molar-refractivity contribution in [2.45, 2.75) is 18.9 Å². The van der Waals surface area contributed by atoms with Crippen molar-refractivity contribution in [1.29, 1.82) is 0 Å². The van der Waals surface area contributed by atoms with Crippen molar-refractivity contribution in [2.75, 3.05) is 0 Å². The number of benzene rings is 1. The fourth-order valence-electron chi connectivity index (χ4n) is 1.88. The summed E-state index contributed by atoms with van der Waals surface area (Å²) in [5.41, 5.74) is 2.68. The third-order valence-corrected chi connectivity index (χ3v) is 3.48. The van der Waals surface area contributed by atoms with E-state index in [0.29, 0.717) is 17.7 Å². The topological polar surface area (TPSA) is 70.2 Å². The van der Waals surface area contributed by atoms with E-state index in [0.717, 1.165) is 17.0 Å². The molecule has 0 aliphatic carbocycles. The molecule has 1 aromatic heterocycles. The van der Waals surface area contributed by atoms with E-state index in [-0.39, 0.29) is 5.69 Å². The van der Waals surface area contributed by atoms with Crippen LogP contribution >= 0.6 is 15.9 Å². The third kappa shape index (κ3) is 3.16. The van der Waals surface area contributed by atoms with Crippen molar-refractivity contribution in [3.63, 3.8) is 0 Å². The van der Waals surface area contributed by atoms with Crippen molar-refractivity contribution in [3.05, 3.63) is 51.3 Å². The van der Waals surface area contributed by atoms with Crippen molar-refractivity contribution in [1.82, 2.24) is 9.78 Å². The Morgan fingerprint density at radius 2 is 2.20 bits per heavy atom. The van der Waals surface area contributed by atoms with Gasteiger partial charge in [0.2, 0.25) is 0 Å². The van der Waals surface area contributed by atoms with Gasteiger partial charge < -0.3 is 4.74 Å². The molecule has 0 amide bonds. The zero-order valence-corrected chi connectivity index (χ0v) is 12.8. The number of aromatic nitrogens is 2. The van der Waals surface area contributed by atoms with E-state index >= 15 is 0 Å². The average Bonchev–Trinajstić information content (AvgIpc) is 2.74. The Labute approximate surface area is 124 Å². The lowest BCUT2D eigenvalue weighted by atomic mass is 10.2. The number of aryl methyl sites for hydroxylation is 2. The molecule has 7 heteroatoms. The number of nitro groups is 1. The zero-order valence-electron chi connectivity index (χ0n) is 11.2. The number of alkyl halides is 1. The highest BCUT2D eigenvalue weighted by atomic mass is 79.9. The molecule has 0 spiro atoms. The molecule has 0 bridgehead atoms. The molecule has 0 atom stereocenters. The summed E-state index contributed by atoms with van der Waals surface area (Å²) in [6, 6.07) is 6.52. The number of halogens is 1. The molecular weight excluding hydrogens is 326 g/mol. The molecule has 2 rings (SSSR count). The predicted molar refractivity (Wildman–Crippen MR) is 78.0 cm³/mol. The minimum absolute atomic E-state index is 0.0585. The van der Waals surface area contributed by atoms with Gasteiger partial charge in [-0.15, -0.1) is 0 Å². The van der Waals surface area contributed by atoms with Crippen LogP contribution in [0.1, 0.15) is 17.0 Å². The Balaban J connectivity index is 2.17. The molecule has 2 aromatic rings. The van der Waals surface area contributed by atoms with E-state index in [4.69, 9.17) is 4.74 Å². The van der Waals surface area contributed by atoms with E-state index in [1.807, 2.05) is 20.0 Å². The van der Waals surface area contributed by atoms with Gasteiger partial charge in [0.05, 0.1) is 16.3 Å². The Morgan fingerprint density at radius 1 is 1.45 bits per heavy atom. The van der Waals surface area contributed by atoms with Gasteiger partial charge in [-0.3, -0.25) is 14.8 Å². The fourth-order valence-corrected chi connectivity index (χ4v) is 2.31. The first kappa shape index (κ1) is 14.5. The van der Waals surface area contributed by atoms with Crippen molar-refractivity contribution < 1.29 is 9.66 Å². The van der Waals surface area contributed by atoms with Crippen LogP contribution in [0.3, 0.4) is 0 Å². The Morgan fingerprint density at radius 3 is 2.75 bits per heavy atom. The highest BCUT2D eigenvalue weighted by Gasteiger charge is 2.12. The molecule has 1 heterocycles. The Kier molecular flexibility index (Phi) is 4.39. The molecule has 0 N–H and O–H groups in total. The molecule has 0 saturated heterocycles. The van der Waals surface area contributed by atoms with Crippen LogP contribution in [0.4, 0.5) is 5.69 Å². The minimum atomic E-state index is -0.416. The maximum atomic E-state index is 10.7. The Hall–Kier alpha value is -1.89. The van der Waals surface area contributed by atoms with E-state index < -0.39 is 4.92 Å². The van der Waals surface area contributed by atoms with Crippen molar-refractivity contribution >= 4 is 21.6 Å². The van der Waals surface area contributed by atoms with Crippen LogP contribution < -0.4 is 4.74 Å². The summed E-state index contributed by atoms with van der Waals surface area (Å²) in [5, 5.41) is 15.5. The van der Waals surface area contributed by atoms with Crippen LogP contribution in [-0.2, 0) is 19.0 Å². The quantitative estimate of drug-likeness (QED) is 0.476. The van der Waals surface area contributed by atoms with E-state index in [1.54, 1.807) is 10.7 Å². The number of nitro benzene ring substituents is 1. The summed E-state index contributed by atoms with van der Waals surface area (Å²) < 4.78 is 7.49. The van der Waals surface area contributed by atoms with Gasteiger partial charge in [0.1, 0.15) is 12.4 Å². The molecule has 0 fully saturated rings. The number of hydrogen-bond acceptors (Lipinski definition) is 4. The van der Waals surface area contributed by atoms with Gasteiger partial charge in [0.15, 0.2) is 0 Å². The van der Waals surface area contributed by atoms with Gasteiger partial charge in [-0.25, -0.2) is 0 Å². The predicted octanol–water partition coefficient (Wildman–Crippen LogP) is 3.11. The number of ether oxygens (including phenoxy) is 1. The van der Waals surface area contributed by atoms with Gasteiger partial charge in [-0.1, -0.05) is 15.9 Å². The number of hydrogen-bond donors (Lipinski definition) is 0.